The third kappa shape index (κ3) is 6.56. The van der Waals surface area contributed by atoms with Crippen LogP contribution >= 0.6 is 0 Å². The van der Waals surface area contributed by atoms with Crippen LogP contribution in [0.3, 0.4) is 0 Å². The summed E-state index contributed by atoms with van der Waals surface area (Å²) in [5, 5.41) is 3.99. The maximum Gasteiger partial charge on any atom is 0.271 e. The lowest BCUT2D eigenvalue weighted by atomic mass is 10.2. The molecule has 0 spiro atoms. The number of hydrogen-bond acceptors (Lipinski definition) is 6. The molecule has 0 aliphatic heterocycles. The number of carbonyl (C=O) groups excluding carboxylic acids is 1. The lowest BCUT2D eigenvalue weighted by Crippen LogP contribution is -2.25. The maximum atomic E-state index is 12.3. The molecule has 3 aromatic carbocycles. The van der Waals surface area contributed by atoms with Gasteiger partial charge in [0, 0.05) is 12.6 Å². The predicted molar refractivity (Wildman–Crippen MR) is 129 cm³/mol. The van der Waals surface area contributed by atoms with Gasteiger partial charge in [0.25, 0.3) is 5.91 Å². The van der Waals surface area contributed by atoms with Crippen LogP contribution in [0.25, 0.3) is 0 Å². The normalized spacial score (nSPS) is 11.2. The molecule has 0 fully saturated rings. The summed E-state index contributed by atoms with van der Waals surface area (Å²) >= 11 is 0. The summed E-state index contributed by atoms with van der Waals surface area (Å²) in [7, 11) is -0.371. The van der Waals surface area contributed by atoms with Crippen LogP contribution in [-0.2, 0) is 16.6 Å². The van der Waals surface area contributed by atoms with Gasteiger partial charge in [0.1, 0.15) is 6.61 Å². The molecular formula is C24H25N3O5S. The Morgan fingerprint density at radius 1 is 1.03 bits per heavy atom. The Labute approximate surface area is 193 Å². The molecule has 0 aromatic heterocycles. The van der Waals surface area contributed by atoms with Crippen molar-refractivity contribution in [1.82, 2.24) is 5.43 Å². The first kappa shape index (κ1) is 23.8. The molecule has 1 amide bonds. The minimum Gasteiger partial charge on any atom is -0.493 e. The average molecular weight is 468 g/mol. The van der Waals surface area contributed by atoms with Crippen LogP contribution in [0, 0.1) is 0 Å². The molecule has 8 nitrogen and oxygen atoms in total. The molecule has 0 saturated carbocycles. The molecule has 0 bridgehead atoms. The first-order chi connectivity index (χ1) is 15.8. The average Bonchev–Trinajstić information content (AvgIpc) is 2.82. The Morgan fingerprint density at radius 2 is 1.73 bits per heavy atom. The van der Waals surface area contributed by atoms with Crippen LogP contribution < -0.4 is 19.2 Å². The van der Waals surface area contributed by atoms with Crippen molar-refractivity contribution in [2.75, 3.05) is 24.7 Å². The fraction of sp³-hybridized carbons (Fsp3) is 0.167. The van der Waals surface area contributed by atoms with Crippen LogP contribution in [0.4, 0.5) is 5.69 Å². The van der Waals surface area contributed by atoms with E-state index in [0.717, 1.165) is 16.1 Å². The standard InChI is InChI=1S/C24H25N3O5S/c1-27(33(3,29)30)21-12-10-20(11-13-21)24(28)26-25-16-19-9-14-22(23(15-19)31-2)32-17-18-7-5-4-6-8-18/h4-16H,17H2,1-3H3,(H,26,28)/b25-16-. The minimum absolute atomic E-state index is 0.347. The van der Waals surface area contributed by atoms with Crippen LogP contribution in [0.2, 0.25) is 0 Å². The number of hydrazone groups is 1. The van der Waals surface area contributed by atoms with Crippen molar-refractivity contribution in [2.24, 2.45) is 5.10 Å². The quantitative estimate of drug-likeness (QED) is 0.384. The number of amides is 1. The summed E-state index contributed by atoms with van der Waals surface area (Å²) in [4.78, 5) is 12.3. The number of anilines is 1. The third-order valence-corrected chi connectivity index (χ3v) is 6.00. The number of benzene rings is 3. The largest absolute Gasteiger partial charge is 0.493 e. The van der Waals surface area contributed by atoms with E-state index in [2.05, 4.69) is 10.5 Å². The summed E-state index contributed by atoms with van der Waals surface area (Å²) < 4.78 is 35.6. The van der Waals surface area contributed by atoms with E-state index in [1.54, 1.807) is 37.4 Å². The topological polar surface area (TPSA) is 97.3 Å². The van der Waals surface area contributed by atoms with Crippen molar-refractivity contribution in [3.63, 3.8) is 0 Å². The number of hydrogen-bond donors (Lipinski definition) is 1. The van der Waals surface area contributed by atoms with E-state index in [1.165, 1.54) is 25.4 Å². The minimum atomic E-state index is -3.37. The number of nitrogens with zero attached hydrogens (tertiary/aromatic N) is 2. The molecule has 0 atom stereocenters. The van der Waals surface area contributed by atoms with E-state index in [4.69, 9.17) is 9.47 Å². The van der Waals surface area contributed by atoms with E-state index < -0.39 is 15.9 Å². The Bertz CT molecular complexity index is 1230. The van der Waals surface area contributed by atoms with Gasteiger partial charge in [-0.3, -0.25) is 9.10 Å². The van der Waals surface area contributed by atoms with Gasteiger partial charge in [-0.25, -0.2) is 13.8 Å². The summed E-state index contributed by atoms with van der Waals surface area (Å²) in [6.07, 6.45) is 2.60. The van der Waals surface area contributed by atoms with Gasteiger partial charge in [0.05, 0.1) is 25.3 Å². The number of nitrogens with one attached hydrogen (secondary N) is 1. The van der Waals surface area contributed by atoms with E-state index in [9.17, 15) is 13.2 Å². The van der Waals surface area contributed by atoms with Crippen molar-refractivity contribution in [3.8, 4) is 11.5 Å². The van der Waals surface area contributed by atoms with Crippen molar-refractivity contribution < 1.29 is 22.7 Å². The van der Waals surface area contributed by atoms with Gasteiger partial charge in [-0.15, -0.1) is 0 Å². The van der Waals surface area contributed by atoms with Gasteiger partial charge in [-0.05, 0) is 53.6 Å². The van der Waals surface area contributed by atoms with Gasteiger partial charge in [0.2, 0.25) is 10.0 Å². The van der Waals surface area contributed by atoms with Gasteiger partial charge >= 0.3 is 0 Å². The molecule has 9 heteroatoms. The summed E-state index contributed by atoms with van der Waals surface area (Å²) in [6, 6.07) is 21.3. The molecule has 3 rings (SSSR count). The van der Waals surface area contributed by atoms with Crippen molar-refractivity contribution >= 4 is 27.8 Å². The number of methoxy groups -OCH3 is 1. The molecule has 1 N–H and O–H groups in total. The van der Waals surface area contributed by atoms with Gasteiger partial charge in [0.15, 0.2) is 11.5 Å². The van der Waals surface area contributed by atoms with Crippen LogP contribution in [0.1, 0.15) is 21.5 Å². The molecule has 3 aromatic rings. The highest BCUT2D eigenvalue weighted by molar-refractivity contribution is 7.92. The smallest absolute Gasteiger partial charge is 0.271 e. The second kappa shape index (κ2) is 10.6. The number of ether oxygens (including phenoxy) is 2. The van der Waals surface area contributed by atoms with E-state index in [-0.39, 0.29) is 0 Å². The molecule has 0 heterocycles. The van der Waals surface area contributed by atoms with Crippen LogP contribution in [0.15, 0.2) is 77.9 Å². The Kier molecular flexibility index (Phi) is 7.68. The van der Waals surface area contributed by atoms with E-state index in [1.807, 2.05) is 30.3 Å². The summed E-state index contributed by atoms with van der Waals surface area (Å²) in [6.45, 7) is 0.416. The van der Waals surface area contributed by atoms with Crippen LogP contribution in [-0.4, -0.2) is 41.0 Å². The molecular weight excluding hydrogens is 442 g/mol. The first-order valence-electron chi connectivity index (χ1n) is 10.00. The zero-order valence-corrected chi connectivity index (χ0v) is 19.4. The Balaban J connectivity index is 1.60. The third-order valence-electron chi connectivity index (χ3n) is 4.80. The number of rotatable bonds is 9. The lowest BCUT2D eigenvalue weighted by molar-refractivity contribution is 0.0955. The van der Waals surface area contributed by atoms with Crippen LogP contribution in [0.5, 0.6) is 11.5 Å². The Morgan fingerprint density at radius 3 is 2.36 bits per heavy atom. The molecule has 0 aliphatic carbocycles. The molecule has 33 heavy (non-hydrogen) atoms. The molecule has 0 unspecified atom stereocenters. The first-order valence-corrected chi connectivity index (χ1v) is 11.8. The monoisotopic (exact) mass is 467 g/mol. The number of sulfonamides is 1. The second-order valence-electron chi connectivity index (χ2n) is 7.16. The van der Waals surface area contributed by atoms with E-state index >= 15 is 0 Å². The zero-order valence-electron chi connectivity index (χ0n) is 18.6. The van der Waals surface area contributed by atoms with Crippen molar-refractivity contribution in [3.05, 3.63) is 89.5 Å². The maximum absolute atomic E-state index is 12.3. The SMILES string of the molecule is COc1cc(/C=N\NC(=O)c2ccc(N(C)S(C)(=O)=O)cc2)ccc1OCc1ccccc1. The fourth-order valence-electron chi connectivity index (χ4n) is 2.86. The van der Waals surface area contributed by atoms with Gasteiger partial charge in [-0.1, -0.05) is 30.3 Å². The Hall–Kier alpha value is -3.85. The highest BCUT2D eigenvalue weighted by Crippen LogP contribution is 2.28. The second-order valence-corrected chi connectivity index (χ2v) is 9.17. The van der Waals surface area contributed by atoms with Crippen molar-refractivity contribution in [2.45, 2.75) is 6.61 Å². The summed E-state index contributed by atoms with van der Waals surface area (Å²) in [5.41, 5.74) is 5.01. The predicted octanol–water partition coefficient (Wildman–Crippen LogP) is 3.43. The molecule has 0 radical (unpaired) electrons. The molecule has 0 aliphatic rings. The zero-order chi connectivity index (χ0) is 23.8. The van der Waals surface area contributed by atoms with Crippen molar-refractivity contribution in [1.29, 1.82) is 0 Å². The fourth-order valence-corrected chi connectivity index (χ4v) is 3.37. The molecule has 0 saturated heterocycles. The van der Waals surface area contributed by atoms with Gasteiger partial charge in [-0.2, -0.15) is 5.10 Å². The lowest BCUT2D eigenvalue weighted by Gasteiger charge is -2.16. The number of carbonyl (C=O) groups is 1. The summed E-state index contributed by atoms with van der Waals surface area (Å²) in [5.74, 6) is 0.725. The van der Waals surface area contributed by atoms with E-state index in [0.29, 0.717) is 34.9 Å². The highest BCUT2D eigenvalue weighted by Gasteiger charge is 2.12. The molecule has 172 valence electrons. The van der Waals surface area contributed by atoms with Gasteiger partial charge < -0.3 is 9.47 Å². The highest BCUT2D eigenvalue weighted by atomic mass is 32.2.